The Morgan fingerprint density at radius 1 is 1.04 bits per heavy atom. The molecule has 0 aliphatic rings. The average Bonchev–Trinajstić information content (AvgIpc) is 2.50. The van der Waals surface area contributed by atoms with Gasteiger partial charge in [-0.3, -0.25) is 0 Å². The number of aromatic nitrogens is 2. The number of anilines is 1. The van der Waals surface area contributed by atoms with Gasteiger partial charge in [-0.2, -0.15) is 0 Å². The minimum absolute atomic E-state index is 0.111. The molecule has 2 amide bonds. The highest BCUT2D eigenvalue weighted by Crippen LogP contribution is 2.27. The van der Waals surface area contributed by atoms with Crippen LogP contribution < -0.4 is 4.90 Å². The van der Waals surface area contributed by atoms with Gasteiger partial charge in [-0.05, 0) is 59.2 Å². The van der Waals surface area contributed by atoms with Crippen LogP contribution in [0.1, 0.15) is 47.1 Å². The van der Waals surface area contributed by atoms with Crippen LogP contribution in [0.25, 0.3) is 10.9 Å². The van der Waals surface area contributed by atoms with Gasteiger partial charge in [-0.1, -0.05) is 31.9 Å². The first-order valence-corrected chi connectivity index (χ1v) is 10.5. The Kier molecular flexibility index (Phi) is 6.70. The van der Waals surface area contributed by atoms with Crippen molar-refractivity contribution in [1.82, 2.24) is 9.97 Å². The first-order valence-electron chi connectivity index (χ1n) is 8.58. The SMILES string of the molecule is CC(C)(C)OC(=O)N(C(=O)OC(C)(C)C)c1ncc2cc(Br)cc(CBr)c2n1. The number of hydrogen-bond donors (Lipinski definition) is 0. The highest BCUT2D eigenvalue weighted by atomic mass is 79.9. The van der Waals surface area contributed by atoms with Gasteiger partial charge < -0.3 is 9.47 Å². The molecule has 0 radical (unpaired) electrons. The molecule has 0 saturated heterocycles. The molecule has 152 valence electrons. The van der Waals surface area contributed by atoms with Crippen LogP contribution in [0.2, 0.25) is 0 Å². The van der Waals surface area contributed by atoms with Crippen LogP contribution in [-0.2, 0) is 14.8 Å². The Balaban J connectivity index is 2.57. The van der Waals surface area contributed by atoms with Gasteiger partial charge >= 0.3 is 12.2 Å². The fourth-order valence-electron chi connectivity index (χ4n) is 2.23. The summed E-state index contributed by atoms with van der Waals surface area (Å²) < 4.78 is 11.6. The molecular formula is C19H23Br2N3O4. The number of imide groups is 1. The lowest BCUT2D eigenvalue weighted by atomic mass is 10.1. The molecule has 28 heavy (non-hydrogen) atoms. The van der Waals surface area contributed by atoms with Crippen molar-refractivity contribution in [2.75, 3.05) is 4.90 Å². The monoisotopic (exact) mass is 515 g/mol. The van der Waals surface area contributed by atoms with E-state index in [0.717, 1.165) is 20.3 Å². The van der Waals surface area contributed by atoms with E-state index >= 15 is 0 Å². The molecule has 0 N–H and O–H groups in total. The fraction of sp³-hybridized carbons (Fsp3) is 0.474. The summed E-state index contributed by atoms with van der Waals surface area (Å²) in [4.78, 5) is 34.8. The molecule has 7 nitrogen and oxygen atoms in total. The largest absolute Gasteiger partial charge is 0.443 e. The van der Waals surface area contributed by atoms with Crippen LogP contribution >= 0.6 is 31.9 Å². The van der Waals surface area contributed by atoms with Crippen molar-refractivity contribution in [3.05, 3.63) is 28.4 Å². The lowest BCUT2D eigenvalue weighted by molar-refractivity contribution is 0.0427. The zero-order valence-electron chi connectivity index (χ0n) is 16.7. The van der Waals surface area contributed by atoms with E-state index in [0.29, 0.717) is 10.8 Å². The molecule has 2 rings (SSSR count). The van der Waals surface area contributed by atoms with E-state index in [-0.39, 0.29) is 5.95 Å². The lowest BCUT2D eigenvalue weighted by Gasteiger charge is -2.27. The quantitative estimate of drug-likeness (QED) is 0.458. The number of benzene rings is 1. The first-order chi connectivity index (χ1) is 12.8. The smallest absolute Gasteiger partial charge is 0.427 e. The Morgan fingerprint density at radius 3 is 2.04 bits per heavy atom. The molecule has 0 aliphatic heterocycles. The molecule has 1 aromatic carbocycles. The maximum absolute atomic E-state index is 12.7. The number of halogens is 2. The molecule has 2 aromatic rings. The van der Waals surface area contributed by atoms with Crippen LogP contribution in [0, 0.1) is 0 Å². The molecule has 0 spiro atoms. The summed E-state index contributed by atoms with van der Waals surface area (Å²) in [7, 11) is 0. The first kappa shape index (κ1) is 22.5. The maximum atomic E-state index is 12.7. The number of carbonyl (C=O) groups excluding carboxylic acids is 2. The summed E-state index contributed by atoms with van der Waals surface area (Å²) in [5.74, 6) is -0.111. The minimum atomic E-state index is -0.904. The topological polar surface area (TPSA) is 81.6 Å². The molecule has 0 atom stereocenters. The molecule has 1 aromatic heterocycles. The van der Waals surface area contributed by atoms with Crippen LogP contribution in [0.3, 0.4) is 0 Å². The summed E-state index contributed by atoms with van der Waals surface area (Å²) in [6.45, 7) is 10.2. The van der Waals surface area contributed by atoms with Gasteiger partial charge in [0.25, 0.3) is 0 Å². The van der Waals surface area contributed by atoms with Crippen LogP contribution in [0.5, 0.6) is 0 Å². The van der Waals surface area contributed by atoms with Gasteiger partial charge in [0.15, 0.2) is 0 Å². The zero-order valence-corrected chi connectivity index (χ0v) is 19.8. The van der Waals surface area contributed by atoms with Crippen molar-refractivity contribution >= 4 is 60.9 Å². The summed E-state index contributed by atoms with van der Waals surface area (Å²) in [6, 6.07) is 3.76. The van der Waals surface area contributed by atoms with Crippen molar-refractivity contribution in [1.29, 1.82) is 0 Å². The Morgan fingerprint density at radius 2 is 1.57 bits per heavy atom. The van der Waals surface area contributed by atoms with Crippen molar-refractivity contribution < 1.29 is 19.1 Å². The summed E-state index contributed by atoms with van der Waals surface area (Å²) in [5.41, 5.74) is -0.122. The number of ether oxygens (including phenoxy) is 2. The number of nitrogens with zero attached hydrogens (tertiary/aromatic N) is 3. The van der Waals surface area contributed by atoms with Gasteiger partial charge in [0.1, 0.15) is 11.2 Å². The third-order valence-corrected chi connectivity index (χ3v) is 4.27. The molecule has 0 unspecified atom stereocenters. The highest BCUT2D eigenvalue weighted by Gasteiger charge is 2.34. The van der Waals surface area contributed by atoms with E-state index in [1.165, 1.54) is 0 Å². The standard InChI is InChI=1S/C19H23Br2N3O4/c1-18(2,3)27-16(25)24(17(26)28-19(4,5)6)15-22-10-12-8-13(21)7-11(9-20)14(12)23-15/h7-8,10H,9H2,1-6H3. The Labute approximate surface area is 181 Å². The normalized spacial score (nSPS) is 12.0. The van der Waals surface area contributed by atoms with Crippen molar-refractivity contribution in [2.24, 2.45) is 0 Å². The van der Waals surface area contributed by atoms with E-state index in [2.05, 4.69) is 41.8 Å². The van der Waals surface area contributed by atoms with Gasteiger partial charge in [-0.15, -0.1) is 4.90 Å². The van der Waals surface area contributed by atoms with Gasteiger partial charge in [0.05, 0.1) is 5.52 Å². The number of rotatable bonds is 2. The third kappa shape index (κ3) is 5.88. The molecule has 0 saturated carbocycles. The summed E-state index contributed by atoms with van der Waals surface area (Å²) in [5, 5.41) is 1.30. The van der Waals surface area contributed by atoms with Crippen LogP contribution in [-0.4, -0.2) is 33.4 Å². The zero-order chi connectivity index (χ0) is 21.3. The second-order valence-corrected chi connectivity index (χ2v) is 9.58. The number of carbonyl (C=O) groups is 2. The average molecular weight is 517 g/mol. The van der Waals surface area contributed by atoms with E-state index in [1.807, 2.05) is 12.1 Å². The van der Waals surface area contributed by atoms with Crippen molar-refractivity contribution in [3.8, 4) is 0 Å². The highest BCUT2D eigenvalue weighted by molar-refractivity contribution is 9.10. The maximum Gasteiger partial charge on any atom is 0.427 e. The second kappa shape index (κ2) is 8.32. The lowest BCUT2D eigenvalue weighted by Crippen LogP contribution is -2.44. The molecule has 0 aliphatic carbocycles. The minimum Gasteiger partial charge on any atom is -0.443 e. The van der Waals surface area contributed by atoms with Crippen LogP contribution in [0.4, 0.5) is 15.5 Å². The third-order valence-electron chi connectivity index (χ3n) is 3.21. The Hall–Kier alpha value is -1.74. The Bertz CT molecular complexity index is 876. The number of hydrogen-bond acceptors (Lipinski definition) is 6. The predicted molar refractivity (Wildman–Crippen MR) is 115 cm³/mol. The van der Waals surface area contributed by atoms with Crippen LogP contribution in [0.15, 0.2) is 22.8 Å². The molecule has 0 bridgehead atoms. The van der Waals surface area contributed by atoms with Crippen molar-refractivity contribution in [3.63, 3.8) is 0 Å². The number of alkyl halides is 1. The molecule has 0 fully saturated rings. The summed E-state index contributed by atoms with van der Waals surface area (Å²) >= 11 is 6.88. The van der Waals surface area contributed by atoms with Crippen molar-refractivity contribution in [2.45, 2.75) is 58.1 Å². The predicted octanol–water partition coefficient (Wildman–Crippen LogP) is 5.96. The molecular weight excluding hydrogens is 494 g/mol. The number of amides is 2. The van der Waals surface area contributed by atoms with E-state index < -0.39 is 23.4 Å². The van der Waals surface area contributed by atoms with Gasteiger partial charge in [0, 0.05) is 21.4 Å². The summed E-state index contributed by atoms with van der Waals surface area (Å²) in [6.07, 6.45) is -0.256. The fourth-order valence-corrected chi connectivity index (χ4v) is 3.18. The van der Waals surface area contributed by atoms with E-state index in [9.17, 15) is 9.59 Å². The van der Waals surface area contributed by atoms with E-state index in [4.69, 9.17) is 9.47 Å². The molecule has 9 heteroatoms. The van der Waals surface area contributed by atoms with E-state index in [1.54, 1.807) is 47.7 Å². The van der Waals surface area contributed by atoms with Gasteiger partial charge in [0.2, 0.25) is 5.95 Å². The number of fused-ring (bicyclic) bond motifs is 1. The molecule has 1 heterocycles. The second-order valence-electron chi connectivity index (χ2n) is 8.10. The van der Waals surface area contributed by atoms with Gasteiger partial charge in [-0.25, -0.2) is 19.6 Å².